The normalized spacial score (nSPS) is 17.0. The Labute approximate surface area is 153 Å². The fourth-order valence-electron chi connectivity index (χ4n) is 3.67. The summed E-state index contributed by atoms with van der Waals surface area (Å²) in [7, 11) is 0. The highest BCUT2D eigenvalue weighted by molar-refractivity contribution is 5.79. The second kappa shape index (κ2) is 7.46. The summed E-state index contributed by atoms with van der Waals surface area (Å²) >= 11 is 0. The zero-order valence-electron chi connectivity index (χ0n) is 14.8. The predicted octanol–water partition coefficient (Wildman–Crippen LogP) is 2.65. The smallest absolute Gasteiger partial charge is 0.227 e. The maximum absolute atomic E-state index is 13.7. The molecule has 0 spiro atoms. The monoisotopic (exact) mass is 354 g/mol. The van der Waals surface area contributed by atoms with E-state index in [-0.39, 0.29) is 18.1 Å². The molecule has 0 aromatic heterocycles. The summed E-state index contributed by atoms with van der Waals surface area (Å²) < 4.78 is 19.3. The van der Waals surface area contributed by atoms with Crippen LogP contribution in [0.5, 0.6) is 5.75 Å². The minimum Gasteiger partial charge on any atom is -0.493 e. The van der Waals surface area contributed by atoms with Gasteiger partial charge in [-0.25, -0.2) is 4.39 Å². The highest BCUT2D eigenvalue weighted by atomic mass is 19.1. The van der Waals surface area contributed by atoms with Crippen LogP contribution in [-0.2, 0) is 24.2 Å². The number of ether oxygens (including phenoxy) is 1. The average molecular weight is 354 g/mol. The zero-order valence-corrected chi connectivity index (χ0v) is 14.8. The van der Waals surface area contributed by atoms with Gasteiger partial charge in [-0.1, -0.05) is 30.3 Å². The lowest BCUT2D eigenvalue weighted by Crippen LogP contribution is -2.48. The third-order valence-electron chi connectivity index (χ3n) is 5.18. The lowest BCUT2D eigenvalue weighted by molar-refractivity contribution is -0.132. The van der Waals surface area contributed by atoms with Crippen molar-refractivity contribution >= 4 is 5.91 Å². The molecule has 0 unspecified atom stereocenters. The summed E-state index contributed by atoms with van der Waals surface area (Å²) in [5, 5.41) is 0. The molecular weight excluding hydrogens is 331 g/mol. The Kier molecular flexibility index (Phi) is 4.89. The van der Waals surface area contributed by atoms with Crippen molar-refractivity contribution < 1.29 is 13.9 Å². The Morgan fingerprint density at radius 2 is 1.88 bits per heavy atom. The van der Waals surface area contributed by atoms with Gasteiger partial charge in [0.15, 0.2) is 0 Å². The molecular formula is C21H23FN2O2. The number of hydrogen-bond donors (Lipinski definition) is 0. The van der Waals surface area contributed by atoms with E-state index in [1.807, 2.05) is 4.90 Å². The molecule has 5 heteroatoms. The molecule has 0 atom stereocenters. The number of halogens is 1. The van der Waals surface area contributed by atoms with Gasteiger partial charge in [-0.15, -0.1) is 0 Å². The van der Waals surface area contributed by atoms with Crippen molar-refractivity contribution in [2.45, 2.75) is 19.4 Å². The molecule has 1 amide bonds. The van der Waals surface area contributed by atoms with Gasteiger partial charge in [-0.05, 0) is 28.8 Å². The van der Waals surface area contributed by atoms with Crippen molar-refractivity contribution in [3.8, 4) is 5.75 Å². The largest absolute Gasteiger partial charge is 0.493 e. The highest BCUT2D eigenvalue weighted by Crippen LogP contribution is 2.26. The number of rotatable bonds is 4. The number of amides is 1. The van der Waals surface area contributed by atoms with Crippen molar-refractivity contribution in [3.05, 3.63) is 65.0 Å². The summed E-state index contributed by atoms with van der Waals surface area (Å²) in [6, 6.07) is 12.9. The molecule has 4 nitrogen and oxygen atoms in total. The molecule has 2 aromatic rings. The molecule has 0 aliphatic carbocycles. The molecule has 1 saturated heterocycles. The highest BCUT2D eigenvalue weighted by Gasteiger charge is 2.22. The fourth-order valence-corrected chi connectivity index (χ4v) is 3.67. The summed E-state index contributed by atoms with van der Waals surface area (Å²) in [4.78, 5) is 16.7. The first-order valence-electron chi connectivity index (χ1n) is 9.17. The van der Waals surface area contributed by atoms with Crippen LogP contribution in [0.1, 0.15) is 16.7 Å². The molecule has 26 heavy (non-hydrogen) atoms. The number of benzene rings is 2. The maximum Gasteiger partial charge on any atom is 0.227 e. The Morgan fingerprint density at radius 3 is 2.69 bits per heavy atom. The molecule has 4 rings (SSSR count). The van der Waals surface area contributed by atoms with Crippen LogP contribution in [0.2, 0.25) is 0 Å². The minimum absolute atomic E-state index is 0.00410. The first kappa shape index (κ1) is 17.0. The number of nitrogens with zero attached hydrogens (tertiary/aromatic N) is 2. The van der Waals surface area contributed by atoms with Gasteiger partial charge in [0.1, 0.15) is 11.6 Å². The standard InChI is InChI=1S/C21H23FN2O2/c22-19-4-2-1-3-17(19)14-21(25)24-10-8-23(9-11-24)15-16-5-6-20-18(13-16)7-12-26-20/h1-6,13H,7-12,14-15H2. The van der Waals surface area contributed by atoms with Crippen molar-refractivity contribution in [2.75, 3.05) is 32.8 Å². The van der Waals surface area contributed by atoms with E-state index in [4.69, 9.17) is 4.74 Å². The Hall–Kier alpha value is -2.40. The minimum atomic E-state index is -0.305. The van der Waals surface area contributed by atoms with Crippen LogP contribution in [0.25, 0.3) is 0 Å². The molecule has 2 aromatic carbocycles. The molecule has 2 heterocycles. The summed E-state index contributed by atoms with van der Waals surface area (Å²) in [5.74, 6) is 0.710. The van der Waals surface area contributed by atoms with Crippen LogP contribution in [0, 0.1) is 5.82 Å². The van der Waals surface area contributed by atoms with E-state index in [1.165, 1.54) is 17.2 Å². The van der Waals surface area contributed by atoms with Gasteiger partial charge >= 0.3 is 0 Å². The van der Waals surface area contributed by atoms with Crippen LogP contribution in [0.4, 0.5) is 4.39 Å². The molecule has 136 valence electrons. The Bertz CT molecular complexity index is 800. The molecule has 0 saturated carbocycles. The zero-order chi connectivity index (χ0) is 17.9. The van der Waals surface area contributed by atoms with Crippen LogP contribution in [-0.4, -0.2) is 48.5 Å². The summed E-state index contributed by atoms with van der Waals surface area (Å²) in [5.41, 5.74) is 3.06. The van der Waals surface area contributed by atoms with Gasteiger partial charge in [-0.2, -0.15) is 0 Å². The lowest BCUT2D eigenvalue weighted by Gasteiger charge is -2.35. The third-order valence-corrected chi connectivity index (χ3v) is 5.18. The molecule has 0 N–H and O–H groups in total. The topological polar surface area (TPSA) is 32.8 Å². The Morgan fingerprint density at radius 1 is 1.08 bits per heavy atom. The van der Waals surface area contributed by atoms with Crippen LogP contribution >= 0.6 is 0 Å². The maximum atomic E-state index is 13.7. The number of carbonyl (C=O) groups excluding carboxylic acids is 1. The summed E-state index contributed by atoms with van der Waals surface area (Å²) in [6.07, 6.45) is 1.12. The third kappa shape index (κ3) is 3.73. The van der Waals surface area contributed by atoms with Crippen LogP contribution in [0.15, 0.2) is 42.5 Å². The van der Waals surface area contributed by atoms with Crippen molar-refractivity contribution in [1.29, 1.82) is 0 Å². The van der Waals surface area contributed by atoms with E-state index in [9.17, 15) is 9.18 Å². The van der Waals surface area contributed by atoms with Crippen molar-refractivity contribution in [3.63, 3.8) is 0 Å². The number of carbonyl (C=O) groups is 1. The number of fused-ring (bicyclic) bond motifs is 1. The van der Waals surface area contributed by atoms with E-state index in [1.54, 1.807) is 18.2 Å². The second-order valence-electron chi connectivity index (χ2n) is 6.97. The first-order chi connectivity index (χ1) is 12.7. The van der Waals surface area contributed by atoms with Gasteiger partial charge in [0.05, 0.1) is 13.0 Å². The van der Waals surface area contributed by atoms with Gasteiger partial charge in [0, 0.05) is 39.1 Å². The lowest BCUT2D eigenvalue weighted by atomic mass is 10.1. The van der Waals surface area contributed by atoms with Crippen LogP contribution in [0.3, 0.4) is 0 Å². The van der Waals surface area contributed by atoms with E-state index >= 15 is 0 Å². The van der Waals surface area contributed by atoms with E-state index < -0.39 is 0 Å². The molecule has 1 fully saturated rings. The molecule has 2 aliphatic heterocycles. The van der Waals surface area contributed by atoms with Gasteiger partial charge in [0.2, 0.25) is 5.91 Å². The van der Waals surface area contributed by atoms with Crippen LogP contribution < -0.4 is 4.74 Å². The van der Waals surface area contributed by atoms with Gasteiger partial charge in [0.25, 0.3) is 0 Å². The SMILES string of the molecule is O=C(Cc1ccccc1F)N1CCN(Cc2ccc3c(c2)CCO3)CC1. The second-order valence-corrected chi connectivity index (χ2v) is 6.97. The summed E-state index contributed by atoms with van der Waals surface area (Å²) in [6.45, 7) is 4.75. The molecule has 0 bridgehead atoms. The Balaban J connectivity index is 1.30. The predicted molar refractivity (Wildman–Crippen MR) is 97.6 cm³/mol. The number of piperazine rings is 1. The number of hydrogen-bond acceptors (Lipinski definition) is 3. The quantitative estimate of drug-likeness (QED) is 0.846. The van der Waals surface area contributed by atoms with E-state index in [2.05, 4.69) is 23.1 Å². The van der Waals surface area contributed by atoms with Gasteiger partial charge < -0.3 is 9.64 Å². The van der Waals surface area contributed by atoms with Gasteiger partial charge in [-0.3, -0.25) is 9.69 Å². The molecule has 0 radical (unpaired) electrons. The van der Waals surface area contributed by atoms with Crippen molar-refractivity contribution in [1.82, 2.24) is 9.80 Å². The fraction of sp³-hybridized carbons (Fsp3) is 0.381. The van der Waals surface area contributed by atoms with E-state index in [0.29, 0.717) is 18.7 Å². The van der Waals surface area contributed by atoms with E-state index in [0.717, 1.165) is 38.4 Å². The average Bonchev–Trinajstić information content (AvgIpc) is 3.12. The van der Waals surface area contributed by atoms with Crippen molar-refractivity contribution in [2.24, 2.45) is 0 Å². The first-order valence-corrected chi connectivity index (χ1v) is 9.17. The molecule has 2 aliphatic rings.